The summed E-state index contributed by atoms with van der Waals surface area (Å²) >= 11 is 0. The molecule has 3 rings (SSSR count). The SMILES string of the molecule is CC1CCCCN1CCCCNC(=O)c1ccc(Cn2cncn2)cc1. The molecule has 6 heteroatoms. The molecule has 1 amide bonds. The second-order valence-corrected chi connectivity index (χ2v) is 7.13. The molecule has 140 valence electrons. The number of carbonyl (C=O) groups is 1. The Morgan fingerprint density at radius 3 is 2.81 bits per heavy atom. The number of hydrogen-bond acceptors (Lipinski definition) is 4. The second-order valence-electron chi connectivity index (χ2n) is 7.13. The maximum absolute atomic E-state index is 12.2. The Kier molecular flexibility index (Phi) is 6.77. The highest BCUT2D eigenvalue weighted by molar-refractivity contribution is 5.94. The van der Waals surface area contributed by atoms with Gasteiger partial charge in [0.2, 0.25) is 0 Å². The normalized spacial score (nSPS) is 18.0. The number of hydrogen-bond donors (Lipinski definition) is 1. The Bertz CT molecular complexity index is 668. The van der Waals surface area contributed by atoms with E-state index in [0.29, 0.717) is 12.1 Å². The molecular formula is C20H29N5O. The van der Waals surface area contributed by atoms with E-state index in [2.05, 4.69) is 27.2 Å². The molecule has 0 saturated carbocycles. The third-order valence-electron chi connectivity index (χ3n) is 5.13. The average molecular weight is 355 g/mol. The van der Waals surface area contributed by atoms with Crippen LogP contribution in [0.1, 0.15) is 54.9 Å². The Balaban J connectivity index is 1.35. The first kappa shape index (κ1) is 18.6. The van der Waals surface area contributed by atoms with Gasteiger partial charge in [-0.25, -0.2) is 9.67 Å². The molecule has 6 nitrogen and oxygen atoms in total. The summed E-state index contributed by atoms with van der Waals surface area (Å²) < 4.78 is 1.76. The quantitative estimate of drug-likeness (QED) is 0.740. The van der Waals surface area contributed by atoms with Crippen molar-refractivity contribution in [3.63, 3.8) is 0 Å². The Labute approximate surface area is 155 Å². The monoisotopic (exact) mass is 355 g/mol. The molecule has 0 aliphatic carbocycles. The predicted octanol–water partition coefficient (Wildman–Crippen LogP) is 2.71. The molecule has 1 N–H and O–H groups in total. The van der Waals surface area contributed by atoms with E-state index in [4.69, 9.17) is 0 Å². The van der Waals surface area contributed by atoms with Gasteiger partial charge in [0.15, 0.2) is 0 Å². The standard InChI is InChI=1S/C20H29N5O/c1-17-6-2-4-12-24(17)13-5-3-11-22-20(26)19-9-7-18(8-10-19)14-25-16-21-15-23-25/h7-10,15-17H,2-6,11-14H2,1H3,(H,22,26). The van der Waals surface area contributed by atoms with Gasteiger partial charge in [-0.05, 0) is 63.4 Å². The molecule has 2 heterocycles. The Hall–Kier alpha value is -2.21. The van der Waals surface area contributed by atoms with Gasteiger partial charge in [0.1, 0.15) is 12.7 Å². The average Bonchev–Trinajstić information content (AvgIpc) is 3.16. The van der Waals surface area contributed by atoms with Gasteiger partial charge in [-0.2, -0.15) is 5.10 Å². The van der Waals surface area contributed by atoms with E-state index in [1.165, 1.54) is 32.1 Å². The molecule has 0 spiro atoms. The van der Waals surface area contributed by atoms with Crippen LogP contribution in [-0.2, 0) is 6.54 Å². The molecule has 0 radical (unpaired) electrons. The first-order valence-electron chi connectivity index (χ1n) is 9.66. The predicted molar refractivity (Wildman–Crippen MR) is 102 cm³/mol. The molecule has 1 unspecified atom stereocenters. The molecule has 1 saturated heterocycles. The van der Waals surface area contributed by atoms with Gasteiger partial charge in [0.25, 0.3) is 5.91 Å². The number of benzene rings is 1. The topological polar surface area (TPSA) is 63.1 Å². The Morgan fingerprint density at radius 1 is 1.23 bits per heavy atom. The van der Waals surface area contributed by atoms with E-state index < -0.39 is 0 Å². The van der Waals surface area contributed by atoms with Crippen LogP contribution in [0, 0.1) is 0 Å². The zero-order valence-corrected chi connectivity index (χ0v) is 15.6. The minimum absolute atomic E-state index is 0.00338. The maximum atomic E-state index is 12.2. The molecule has 26 heavy (non-hydrogen) atoms. The van der Waals surface area contributed by atoms with Crippen LogP contribution in [0.25, 0.3) is 0 Å². The molecule has 1 fully saturated rings. The number of aromatic nitrogens is 3. The van der Waals surface area contributed by atoms with Crippen molar-refractivity contribution < 1.29 is 4.79 Å². The first-order chi connectivity index (χ1) is 12.7. The van der Waals surface area contributed by atoms with Gasteiger partial charge in [0.05, 0.1) is 6.54 Å². The van der Waals surface area contributed by atoms with Gasteiger partial charge >= 0.3 is 0 Å². The lowest BCUT2D eigenvalue weighted by Crippen LogP contribution is -2.38. The summed E-state index contributed by atoms with van der Waals surface area (Å²) in [5.74, 6) is 0.00338. The van der Waals surface area contributed by atoms with E-state index in [1.807, 2.05) is 24.3 Å². The van der Waals surface area contributed by atoms with Gasteiger partial charge in [-0.15, -0.1) is 0 Å². The highest BCUT2D eigenvalue weighted by atomic mass is 16.1. The smallest absolute Gasteiger partial charge is 0.251 e. The maximum Gasteiger partial charge on any atom is 0.251 e. The minimum Gasteiger partial charge on any atom is -0.352 e. The summed E-state index contributed by atoms with van der Waals surface area (Å²) in [4.78, 5) is 18.8. The van der Waals surface area contributed by atoms with Crippen molar-refractivity contribution in [3.8, 4) is 0 Å². The summed E-state index contributed by atoms with van der Waals surface area (Å²) in [5, 5.41) is 7.12. The fourth-order valence-corrected chi connectivity index (χ4v) is 3.50. The van der Waals surface area contributed by atoms with Crippen molar-refractivity contribution in [3.05, 3.63) is 48.0 Å². The zero-order valence-electron chi connectivity index (χ0n) is 15.6. The van der Waals surface area contributed by atoms with E-state index in [-0.39, 0.29) is 5.91 Å². The highest BCUT2D eigenvalue weighted by Gasteiger charge is 2.17. The van der Waals surface area contributed by atoms with E-state index in [9.17, 15) is 4.79 Å². The van der Waals surface area contributed by atoms with Crippen molar-refractivity contribution in [1.82, 2.24) is 25.0 Å². The third-order valence-corrected chi connectivity index (χ3v) is 5.13. The van der Waals surface area contributed by atoms with Crippen LogP contribution in [0.15, 0.2) is 36.9 Å². The number of amides is 1. The number of rotatable bonds is 8. The fourth-order valence-electron chi connectivity index (χ4n) is 3.50. The van der Waals surface area contributed by atoms with Crippen molar-refractivity contribution in [2.24, 2.45) is 0 Å². The summed E-state index contributed by atoms with van der Waals surface area (Å²) in [6.07, 6.45) is 9.39. The lowest BCUT2D eigenvalue weighted by Gasteiger charge is -2.33. The molecule has 1 aliphatic heterocycles. The number of nitrogens with one attached hydrogen (secondary N) is 1. The molecule has 2 aromatic rings. The van der Waals surface area contributed by atoms with Gasteiger partial charge in [-0.3, -0.25) is 4.79 Å². The first-order valence-corrected chi connectivity index (χ1v) is 9.66. The number of piperidine rings is 1. The molecule has 0 bridgehead atoms. The van der Waals surface area contributed by atoms with Crippen molar-refractivity contribution in [2.45, 2.75) is 51.6 Å². The van der Waals surface area contributed by atoms with Gasteiger partial charge in [-0.1, -0.05) is 18.6 Å². The highest BCUT2D eigenvalue weighted by Crippen LogP contribution is 2.16. The van der Waals surface area contributed by atoms with Crippen molar-refractivity contribution in [1.29, 1.82) is 0 Å². The largest absolute Gasteiger partial charge is 0.352 e. The Morgan fingerprint density at radius 2 is 2.08 bits per heavy atom. The number of likely N-dealkylation sites (tertiary alicyclic amines) is 1. The van der Waals surface area contributed by atoms with Crippen LogP contribution < -0.4 is 5.32 Å². The summed E-state index contributed by atoms with van der Waals surface area (Å²) in [7, 11) is 0. The van der Waals surface area contributed by atoms with E-state index in [0.717, 1.165) is 37.5 Å². The number of nitrogens with zero attached hydrogens (tertiary/aromatic N) is 4. The molecule has 1 atom stereocenters. The van der Waals surface area contributed by atoms with Gasteiger partial charge in [0, 0.05) is 18.2 Å². The van der Waals surface area contributed by atoms with Crippen LogP contribution in [0.2, 0.25) is 0 Å². The summed E-state index contributed by atoms with van der Waals surface area (Å²) in [5.41, 5.74) is 1.81. The second kappa shape index (κ2) is 9.48. The zero-order chi connectivity index (χ0) is 18.2. The molecule has 1 aromatic heterocycles. The summed E-state index contributed by atoms with van der Waals surface area (Å²) in [6.45, 7) is 6.11. The van der Waals surface area contributed by atoms with Gasteiger partial charge < -0.3 is 10.2 Å². The van der Waals surface area contributed by atoms with Crippen molar-refractivity contribution >= 4 is 5.91 Å². The molecular weight excluding hydrogens is 326 g/mol. The number of carbonyl (C=O) groups excluding carboxylic acids is 1. The number of unbranched alkanes of at least 4 members (excludes halogenated alkanes) is 1. The summed E-state index contributed by atoms with van der Waals surface area (Å²) in [6, 6.07) is 8.39. The van der Waals surface area contributed by atoms with E-state index >= 15 is 0 Å². The third kappa shape index (κ3) is 5.39. The van der Waals surface area contributed by atoms with Crippen LogP contribution in [0.3, 0.4) is 0 Å². The van der Waals surface area contributed by atoms with E-state index in [1.54, 1.807) is 11.0 Å². The van der Waals surface area contributed by atoms with Crippen molar-refractivity contribution in [2.75, 3.05) is 19.6 Å². The van der Waals surface area contributed by atoms with Crippen LogP contribution in [-0.4, -0.2) is 51.2 Å². The molecule has 1 aromatic carbocycles. The van der Waals surface area contributed by atoms with Crippen LogP contribution in [0.5, 0.6) is 0 Å². The minimum atomic E-state index is 0.00338. The lowest BCUT2D eigenvalue weighted by atomic mass is 10.0. The van der Waals surface area contributed by atoms with Crippen LogP contribution in [0.4, 0.5) is 0 Å². The fraction of sp³-hybridized carbons (Fsp3) is 0.550. The van der Waals surface area contributed by atoms with Crippen LogP contribution >= 0.6 is 0 Å². The lowest BCUT2D eigenvalue weighted by molar-refractivity contribution is 0.0951. The molecule has 1 aliphatic rings.